The normalized spacial score (nSPS) is 12.8. The van der Waals surface area contributed by atoms with Crippen molar-refractivity contribution >= 4 is 5.91 Å². The maximum absolute atomic E-state index is 11.6. The zero-order valence-corrected chi connectivity index (χ0v) is 17.7. The SMILES string of the molecule is C=C(CCCC(C)(C)CCC(C)(C)CCNC(=O)C(C)C)C(C)C. The average molecular weight is 338 g/mol. The number of rotatable bonds is 12. The third-order valence-corrected chi connectivity index (χ3v) is 5.27. The fourth-order valence-electron chi connectivity index (χ4n) is 2.74. The van der Waals surface area contributed by atoms with Gasteiger partial charge < -0.3 is 5.32 Å². The Bertz CT molecular complexity index is 353. The van der Waals surface area contributed by atoms with Crippen LogP contribution in [0.15, 0.2) is 12.2 Å². The predicted octanol–water partition coefficient (Wildman–Crippen LogP) is 6.36. The molecule has 2 heteroatoms. The highest BCUT2D eigenvalue weighted by Crippen LogP contribution is 2.36. The van der Waals surface area contributed by atoms with Crippen molar-refractivity contribution in [2.45, 2.75) is 93.9 Å². The van der Waals surface area contributed by atoms with Crippen molar-refractivity contribution in [2.75, 3.05) is 6.54 Å². The molecule has 0 aliphatic carbocycles. The highest BCUT2D eigenvalue weighted by molar-refractivity contribution is 5.77. The van der Waals surface area contributed by atoms with E-state index in [1.165, 1.54) is 31.3 Å². The summed E-state index contributed by atoms with van der Waals surface area (Å²) in [5.74, 6) is 0.845. The first-order valence-electron chi connectivity index (χ1n) is 9.82. The molecule has 0 fully saturated rings. The predicted molar refractivity (Wildman–Crippen MR) is 107 cm³/mol. The van der Waals surface area contributed by atoms with E-state index in [1.807, 2.05) is 13.8 Å². The first kappa shape index (κ1) is 23.2. The van der Waals surface area contributed by atoms with Gasteiger partial charge in [-0.25, -0.2) is 0 Å². The minimum absolute atomic E-state index is 0.0765. The molecule has 24 heavy (non-hydrogen) atoms. The molecule has 0 heterocycles. The molecule has 0 atom stereocenters. The Balaban J connectivity index is 4.13. The summed E-state index contributed by atoms with van der Waals surface area (Å²) in [6.45, 7) is 22.7. The minimum atomic E-state index is 0.0765. The van der Waals surface area contributed by atoms with E-state index < -0.39 is 0 Å². The lowest BCUT2D eigenvalue weighted by Gasteiger charge is -2.31. The van der Waals surface area contributed by atoms with E-state index in [-0.39, 0.29) is 17.2 Å². The van der Waals surface area contributed by atoms with Crippen molar-refractivity contribution in [2.24, 2.45) is 22.7 Å². The number of nitrogens with one attached hydrogen (secondary N) is 1. The Morgan fingerprint density at radius 1 is 0.875 bits per heavy atom. The van der Waals surface area contributed by atoms with Crippen LogP contribution in [-0.4, -0.2) is 12.5 Å². The van der Waals surface area contributed by atoms with Crippen LogP contribution in [0, 0.1) is 22.7 Å². The van der Waals surface area contributed by atoms with Gasteiger partial charge in [0.25, 0.3) is 0 Å². The highest BCUT2D eigenvalue weighted by atomic mass is 16.1. The number of carbonyl (C=O) groups excluding carboxylic acids is 1. The summed E-state index contributed by atoms with van der Waals surface area (Å²) in [5, 5.41) is 3.04. The maximum atomic E-state index is 11.6. The van der Waals surface area contributed by atoms with Crippen LogP contribution in [0.25, 0.3) is 0 Å². The van der Waals surface area contributed by atoms with Crippen molar-refractivity contribution in [3.05, 3.63) is 12.2 Å². The molecule has 0 bridgehead atoms. The first-order valence-corrected chi connectivity index (χ1v) is 9.82. The summed E-state index contributed by atoms with van der Waals surface area (Å²) < 4.78 is 0. The Kier molecular flexibility index (Phi) is 9.92. The van der Waals surface area contributed by atoms with Gasteiger partial charge in [-0.2, -0.15) is 0 Å². The molecule has 0 aromatic rings. The molecule has 0 unspecified atom stereocenters. The number of hydrogen-bond acceptors (Lipinski definition) is 1. The molecule has 2 nitrogen and oxygen atoms in total. The standard InChI is InChI=1S/C22H43NO/c1-17(2)19(5)11-10-12-21(6,7)13-14-22(8,9)15-16-23-20(24)18(3)4/h17-18H,5,10-16H2,1-4,6-9H3,(H,23,24). The van der Waals surface area contributed by atoms with Crippen LogP contribution >= 0.6 is 0 Å². The van der Waals surface area contributed by atoms with Crippen LogP contribution in [0.3, 0.4) is 0 Å². The second-order valence-corrected chi connectivity index (χ2v) is 9.69. The van der Waals surface area contributed by atoms with Gasteiger partial charge in [-0.3, -0.25) is 4.79 Å². The van der Waals surface area contributed by atoms with Crippen molar-refractivity contribution in [3.63, 3.8) is 0 Å². The van der Waals surface area contributed by atoms with Crippen LogP contribution in [0.4, 0.5) is 0 Å². The number of amides is 1. The molecule has 142 valence electrons. The molecule has 0 spiro atoms. The van der Waals surface area contributed by atoms with Gasteiger partial charge in [0.15, 0.2) is 0 Å². The summed E-state index contributed by atoms with van der Waals surface area (Å²) in [7, 11) is 0. The largest absolute Gasteiger partial charge is 0.356 e. The van der Waals surface area contributed by atoms with Crippen molar-refractivity contribution in [3.8, 4) is 0 Å². The zero-order chi connectivity index (χ0) is 19.0. The quantitative estimate of drug-likeness (QED) is 0.412. The molecule has 0 saturated carbocycles. The van der Waals surface area contributed by atoms with E-state index in [0.717, 1.165) is 19.4 Å². The zero-order valence-electron chi connectivity index (χ0n) is 17.7. The Morgan fingerprint density at radius 2 is 1.38 bits per heavy atom. The van der Waals surface area contributed by atoms with Gasteiger partial charge in [0, 0.05) is 12.5 Å². The molecule has 0 radical (unpaired) electrons. The molecule has 1 N–H and O–H groups in total. The number of allylic oxidation sites excluding steroid dienone is 1. The van der Waals surface area contributed by atoms with Crippen LogP contribution in [0.5, 0.6) is 0 Å². The van der Waals surface area contributed by atoms with Gasteiger partial charge in [-0.1, -0.05) is 67.5 Å². The maximum Gasteiger partial charge on any atom is 0.222 e. The van der Waals surface area contributed by atoms with Gasteiger partial charge in [0.1, 0.15) is 0 Å². The van der Waals surface area contributed by atoms with Crippen LogP contribution < -0.4 is 5.32 Å². The van der Waals surface area contributed by atoms with Gasteiger partial charge >= 0.3 is 0 Å². The van der Waals surface area contributed by atoms with E-state index >= 15 is 0 Å². The third-order valence-electron chi connectivity index (χ3n) is 5.27. The molecule has 0 aliphatic rings. The molecular formula is C22H43NO. The molecular weight excluding hydrogens is 294 g/mol. The molecule has 0 aromatic heterocycles. The fourth-order valence-corrected chi connectivity index (χ4v) is 2.74. The third kappa shape index (κ3) is 10.9. The monoisotopic (exact) mass is 337 g/mol. The van der Waals surface area contributed by atoms with Crippen molar-refractivity contribution in [1.29, 1.82) is 0 Å². The van der Waals surface area contributed by atoms with Crippen LogP contribution in [0.1, 0.15) is 93.9 Å². The summed E-state index contributed by atoms with van der Waals surface area (Å²) >= 11 is 0. The second-order valence-electron chi connectivity index (χ2n) is 9.69. The topological polar surface area (TPSA) is 29.1 Å². The van der Waals surface area contributed by atoms with Crippen LogP contribution in [0.2, 0.25) is 0 Å². The number of carbonyl (C=O) groups is 1. The molecule has 0 rings (SSSR count). The van der Waals surface area contributed by atoms with E-state index in [1.54, 1.807) is 0 Å². The lowest BCUT2D eigenvalue weighted by atomic mass is 9.75. The molecule has 0 aromatic carbocycles. The van der Waals surface area contributed by atoms with Gasteiger partial charge in [-0.05, 0) is 55.3 Å². The van der Waals surface area contributed by atoms with E-state index in [9.17, 15) is 4.79 Å². The van der Waals surface area contributed by atoms with Crippen molar-refractivity contribution < 1.29 is 4.79 Å². The van der Waals surface area contributed by atoms with Crippen LogP contribution in [-0.2, 0) is 4.79 Å². The van der Waals surface area contributed by atoms with E-state index in [4.69, 9.17) is 0 Å². The smallest absolute Gasteiger partial charge is 0.222 e. The summed E-state index contributed by atoms with van der Waals surface area (Å²) in [4.78, 5) is 11.6. The Morgan fingerprint density at radius 3 is 1.83 bits per heavy atom. The summed E-state index contributed by atoms with van der Waals surface area (Å²) in [6, 6.07) is 0. The first-order chi connectivity index (χ1) is 10.9. The summed E-state index contributed by atoms with van der Waals surface area (Å²) in [5.41, 5.74) is 2.05. The number of hydrogen-bond donors (Lipinski definition) is 1. The lowest BCUT2D eigenvalue weighted by Crippen LogP contribution is -2.31. The molecule has 0 saturated heterocycles. The van der Waals surface area contributed by atoms with Gasteiger partial charge in [0.2, 0.25) is 5.91 Å². The summed E-state index contributed by atoms with van der Waals surface area (Å²) in [6.07, 6.45) is 7.17. The fraction of sp³-hybridized carbons (Fsp3) is 0.864. The molecule has 0 aliphatic heterocycles. The Hall–Kier alpha value is -0.790. The highest BCUT2D eigenvalue weighted by Gasteiger charge is 2.24. The van der Waals surface area contributed by atoms with Gasteiger partial charge in [0.05, 0.1) is 0 Å². The lowest BCUT2D eigenvalue weighted by molar-refractivity contribution is -0.124. The average Bonchev–Trinajstić information content (AvgIpc) is 2.44. The van der Waals surface area contributed by atoms with Crippen molar-refractivity contribution in [1.82, 2.24) is 5.32 Å². The Labute approximate surface area is 151 Å². The second kappa shape index (κ2) is 10.3. The van der Waals surface area contributed by atoms with E-state index in [2.05, 4.69) is 53.4 Å². The molecule has 1 amide bonds. The van der Waals surface area contributed by atoms with Gasteiger partial charge in [-0.15, -0.1) is 0 Å². The van der Waals surface area contributed by atoms with E-state index in [0.29, 0.717) is 11.3 Å². The minimum Gasteiger partial charge on any atom is -0.356 e.